The Morgan fingerprint density at radius 3 is 2.25 bits per heavy atom. The lowest BCUT2D eigenvalue weighted by Crippen LogP contribution is -2.53. The molecule has 0 radical (unpaired) electrons. The van der Waals surface area contributed by atoms with Crippen LogP contribution in [0.1, 0.15) is 41.5 Å². The largest absolute Gasteiger partial charge is 0.457 e. The van der Waals surface area contributed by atoms with E-state index in [4.69, 9.17) is 9.16 Å². The summed E-state index contributed by atoms with van der Waals surface area (Å²) in [5.41, 5.74) is 0. The van der Waals surface area contributed by atoms with Crippen LogP contribution in [0.25, 0.3) is 0 Å². The van der Waals surface area contributed by atoms with Crippen LogP contribution in [-0.2, 0) is 14.0 Å². The van der Waals surface area contributed by atoms with Gasteiger partial charge in [0.1, 0.15) is 6.10 Å². The highest BCUT2D eigenvalue weighted by atomic mass is 28.4. The third-order valence-corrected chi connectivity index (χ3v) is 9.25. The summed E-state index contributed by atoms with van der Waals surface area (Å²) >= 11 is 0. The van der Waals surface area contributed by atoms with Crippen LogP contribution < -0.4 is 0 Å². The third kappa shape index (κ3) is 3.53. The van der Waals surface area contributed by atoms with Gasteiger partial charge in [-0.05, 0) is 38.1 Å². The van der Waals surface area contributed by atoms with E-state index >= 15 is 0 Å². The molecule has 0 spiro atoms. The van der Waals surface area contributed by atoms with Crippen molar-refractivity contribution in [1.82, 2.24) is 0 Å². The fraction of sp³-hybridized carbons (Fsp3) is 0.812. The van der Waals surface area contributed by atoms with Gasteiger partial charge < -0.3 is 9.16 Å². The number of hydrogen-bond acceptors (Lipinski definition) is 3. The normalized spacial score (nSPS) is 32.5. The van der Waals surface area contributed by atoms with Crippen LogP contribution in [0, 0.1) is 11.8 Å². The number of esters is 1. The lowest BCUT2D eigenvalue weighted by molar-refractivity contribution is -0.171. The van der Waals surface area contributed by atoms with Crippen LogP contribution >= 0.6 is 0 Å². The van der Waals surface area contributed by atoms with Crippen molar-refractivity contribution in [3.8, 4) is 0 Å². The van der Waals surface area contributed by atoms with Crippen molar-refractivity contribution < 1.29 is 14.0 Å². The first kappa shape index (κ1) is 17.4. The van der Waals surface area contributed by atoms with Crippen LogP contribution in [0.3, 0.4) is 0 Å². The summed E-state index contributed by atoms with van der Waals surface area (Å²) in [6.45, 7) is 17.1. The van der Waals surface area contributed by atoms with E-state index in [0.717, 1.165) is 0 Å². The number of hydrogen-bond donors (Lipinski definition) is 0. The molecule has 4 heteroatoms. The van der Waals surface area contributed by atoms with Gasteiger partial charge in [-0.3, -0.25) is 4.79 Å². The maximum absolute atomic E-state index is 12.1. The topological polar surface area (TPSA) is 35.5 Å². The number of carbonyl (C=O) groups excluding carboxylic acids is 1. The number of allylic oxidation sites excluding steroid dienone is 1. The Morgan fingerprint density at radius 2 is 1.80 bits per heavy atom. The highest BCUT2D eigenvalue weighted by Gasteiger charge is 2.47. The summed E-state index contributed by atoms with van der Waals surface area (Å²) in [6, 6.07) is 0. The monoisotopic (exact) mass is 298 g/mol. The lowest BCUT2D eigenvalue weighted by atomic mass is 9.86. The zero-order valence-electron chi connectivity index (χ0n) is 14.2. The molecule has 0 saturated carbocycles. The molecule has 0 bridgehead atoms. The summed E-state index contributed by atoms with van der Waals surface area (Å²) in [4.78, 5) is 12.1. The fourth-order valence-corrected chi connectivity index (χ4v) is 3.71. The van der Waals surface area contributed by atoms with Crippen molar-refractivity contribution in [2.75, 3.05) is 0 Å². The Bertz CT molecular complexity index is 382. The quantitative estimate of drug-likeness (QED) is 0.446. The maximum Gasteiger partial charge on any atom is 0.311 e. The predicted molar refractivity (Wildman–Crippen MR) is 85.1 cm³/mol. The van der Waals surface area contributed by atoms with Crippen LogP contribution in [0.2, 0.25) is 18.1 Å². The van der Waals surface area contributed by atoms with Gasteiger partial charge in [0.05, 0.1) is 12.0 Å². The molecule has 1 aliphatic heterocycles. The second-order valence-corrected chi connectivity index (χ2v) is 12.2. The molecule has 116 valence electrons. The van der Waals surface area contributed by atoms with Gasteiger partial charge in [0.15, 0.2) is 8.32 Å². The van der Waals surface area contributed by atoms with Crippen molar-refractivity contribution in [2.24, 2.45) is 11.8 Å². The highest BCUT2D eigenvalue weighted by Crippen LogP contribution is 2.41. The molecule has 1 heterocycles. The van der Waals surface area contributed by atoms with Crippen LogP contribution in [0.4, 0.5) is 0 Å². The van der Waals surface area contributed by atoms with Crippen molar-refractivity contribution in [2.45, 2.75) is 71.9 Å². The molecule has 0 aromatic rings. The van der Waals surface area contributed by atoms with E-state index in [0.29, 0.717) is 0 Å². The number of cyclic esters (lactones) is 1. The van der Waals surface area contributed by atoms with Crippen molar-refractivity contribution in [3.05, 3.63) is 12.2 Å². The van der Waals surface area contributed by atoms with E-state index in [1.807, 2.05) is 26.0 Å². The van der Waals surface area contributed by atoms with Gasteiger partial charge in [0.25, 0.3) is 0 Å². The lowest BCUT2D eigenvalue weighted by Gasteiger charge is -2.45. The molecule has 0 amide bonds. The number of rotatable bonds is 3. The average molecular weight is 298 g/mol. The van der Waals surface area contributed by atoms with E-state index < -0.39 is 8.32 Å². The molecule has 4 atom stereocenters. The molecule has 0 aromatic heterocycles. The Kier molecular flexibility index (Phi) is 5.25. The van der Waals surface area contributed by atoms with Crippen molar-refractivity contribution in [3.63, 3.8) is 0 Å². The van der Waals surface area contributed by atoms with E-state index in [2.05, 4.69) is 40.8 Å². The third-order valence-electron chi connectivity index (χ3n) is 4.77. The predicted octanol–water partition coefficient (Wildman–Crippen LogP) is 4.15. The van der Waals surface area contributed by atoms with Crippen molar-refractivity contribution in [1.29, 1.82) is 0 Å². The molecule has 1 saturated heterocycles. The van der Waals surface area contributed by atoms with E-state index in [-0.39, 0.29) is 35.1 Å². The van der Waals surface area contributed by atoms with Crippen molar-refractivity contribution >= 4 is 14.3 Å². The summed E-state index contributed by atoms with van der Waals surface area (Å²) in [5, 5.41) is 0.143. The fourth-order valence-electron chi connectivity index (χ4n) is 2.26. The molecule has 1 aliphatic rings. The van der Waals surface area contributed by atoms with Gasteiger partial charge in [-0.15, -0.1) is 0 Å². The highest BCUT2D eigenvalue weighted by molar-refractivity contribution is 6.74. The average Bonchev–Trinajstić information content (AvgIpc) is 2.30. The first-order chi connectivity index (χ1) is 9.01. The van der Waals surface area contributed by atoms with Crippen LogP contribution in [0.5, 0.6) is 0 Å². The molecule has 0 aromatic carbocycles. The molecule has 1 rings (SSSR count). The first-order valence-electron chi connectivity index (χ1n) is 7.52. The Morgan fingerprint density at radius 1 is 1.25 bits per heavy atom. The van der Waals surface area contributed by atoms with Gasteiger partial charge in [-0.2, -0.15) is 0 Å². The minimum atomic E-state index is -1.89. The molecular weight excluding hydrogens is 268 g/mol. The van der Waals surface area contributed by atoms with Crippen LogP contribution in [0.15, 0.2) is 12.2 Å². The molecule has 20 heavy (non-hydrogen) atoms. The Labute approximate surface area is 124 Å². The molecule has 0 unspecified atom stereocenters. The standard InChI is InChI=1S/C16H30O3Si/c1-9-10-13-11(2)14(12(3)15(17)18-13)19-20(7,8)16(4,5)6/h9-14H,1-8H3/b10-9+/t11-,12+,13+,14-/m0/s1. The van der Waals surface area contributed by atoms with E-state index in [1.165, 1.54) is 0 Å². The molecular formula is C16H30O3Si. The molecule has 0 aliphatic carbocycles. The summed E-state index contributed by atoms with van der Waals surface area (Å²) in [6.07, 6.45) is 3.67. The van der Waals surface area contributed by atoms with Gasteiger partial charge in [0.2, 0.25) is 0 Å². The number of carbonyl (C=O) groups is 1. The molecule has 3 nitrogen and oxygen atoms in total. The van der Waals surface area contributed by atoms with Gasteiger partial charge in [0, 0.05) is 5.92 Å². The Hall–Kier alpha value is -0.613. The Balaban J connectivity index is 2.98. The van der Waals surface area contributed by atoms with E-state index in [1.54, 1.807) is 0 Å². The van der Waals surface area contributed by atoms with Gasteiger partial charge >= 0.3 is 5.97 Å². The second kappa shape index (κ2) is 6.02. The van der Waals surface area contributed by atoms with Crippen LogP contribution in [-0.4, -0.2) is 26.5 Å². The maximum atomic E-state index is 12.1. The molecule has 0 N–H and O–H groups in total. The number of ether oxygens (including phenoxy) is 1. The van der Waals surface area contributed by atoms with E-state index in [9.17, 15) is 4.79 Å². The smallest absolute Gasteiger partial charge is 0.311 e. The minimum absolute atomic E-state index is 0.0571. The van der Waals surface area contributed by atoms with Gasteiger partial charge in [-0.25, -0.2) is 0 Å². The summed E-state index contributed by atoms with van der Waals surface area (Å²) in [5.74, 6) is -0.149. The zero-order valence-corrected chi connectivity index (χ0v) is 15.2. The summed E-state index contributed by atoms with van der Waals surface area (Å²) < 4.78 is 12.0. The molecule has 1 fully saturated rings. The SMILES string of the molecule is C/C=C/[C@H]1OC(=O)[C@H](C)[C@@H](O[Si](C)(C)C(C)(C)C)[C@H]1C. The first-order valence-corrected chi connectivity index (χ1v) is 10.4. The summed E-state index contributed by atoms with van der Waals surface area (Å²) in [7, 11) is -1.89. The minimum Gasteiger partial charge on any atom is -0.457 e. The second-order valence-electron chi connectivity index (χ2n) is 7.42. The van der Waals surface area contributed by atoms with Gasteiger partial charge in [-0.1, -0.05) is 33.8 Å². The zero-order chi connectivity index (χ0) is 15.7.